The molecule has 0 spiro atoms. The van der Waals surface area contributed by atoms with Crippen molar-refractivity contribution >= 4 is 5.91 Å². The number of nitrogens with zero attached hydrogens (tertiary/aromatic N) is 1. The molecule has 2 aliphatic carbocycles. The summed E-state index contributed by atoms with van der Waals surface area (Å²) in [4.78, 5) is 14.1. The van der Waals surface area contributed by atoms with E-state index in [4.69, 9.17) is 0 Å². The summed E-state index contributed by atoms with van der Waals surface area (Å²) in [6.45, 7) is 7.71. The van der Waals surface area contributed by atoms with Crippen LogP contribution < -0.4 is 0 Å². The van der Waals surface area contributed by atoms with Crippen LogP contribution in [0.25, 0.3) is 0 Å². The minimum Gasteiger partial charge on any atom is -0.392 e. The van der Waals surface area contributed by atoms with Crippen LogP contribution in [0, 0.1) is 24.7 Å². The molecule has 0 radical (unpaired) electrons. The van der Waals surface area contributed by atoms with Crippen molar-refractivity contribution in [2.24, 2.45) is 17.8 Å². The number of fused-ring (bicyclic) bond motifs is 1. The molecule has 3 rings (SSSR count). The number of aryl methyl sites for hydroxylation is 1. The second-order valence-electron chi connectivity index (χ2n) is 9.66. The van der Waals surface area contributed by atoms with Crippen molar-refractivity contribution in [3.05, 3.63) is 59.2 Å². The number of hydrogen-bond donors (Lipinski definition) is 2. The molecular weight excluding hydrogens is 398 g/mol. The molecule has 0 saturated heterocycles. The third kappa shape index (κ3) is 6.55. The highest BCUT2D eigenvalue weighted by Crippen LogP contribution is 2.48. The maximum atomic E-state index is 12.2. The van der Waals surface area contributed by atoms with Gasteiger partial charge in [0.2, 0.25) is 5.91 Å². The summed E-state index contributed by atoms with van der Waals surface area (Å²) in [6.07, 6.45) is 11.6. The van der Waals surface area contributed by atoms with E-state index in [1.807, 2.05) is 37.0 Å². The van der Waals surface area contributed by atoms with Crippen LogP contribution in [0.1, 0.15) is 63.5 Å². The molecule has 1 saturated carbocycles. The molecule has 0 aliphatic heterocycles. The zero-order valence-electron chi connectivity index (χ0n) is 20.0. The van der Waals surface area contributed by atoms with E-state index in [0.29, 0.717) is 24.7 Å². The molecule has 2 N–H and O–H groups in total. The van der Waals surface area contributed by atoms with Crippen molar-refractivity contribution in [2.75, 3.05) is 13.1 Å². The van der Waals surface area contributed by atoms with Crippen LogP contribution in [0.4, 0.5) is 0 Å². The minimum absolute atomic E-state index is 0.116. The number of rotatable bonds is 11. The number of amides is 1. The van der Waals surface area contributed by atoms with Gasteiger partial charge in [-0.25, -0.2) is 0 Å². The van der Waals surface area contributed by atoms with Crippen molar-refractivity contribution in [3.63, 3.8) is 0 Å². The Hall–Kier alpha value is -1.91. The zero-order valence-corrected chi connectivity index (χ0v) is 20.0. The smallest absolute Gasteiger partial charge is 0.222 e. The van der Waals surface area contributed by atoms with E-state index in [1.165, 1.54) is 11.1 Å². The van der Waals surface area contributed by atoms with Gasteiger partial charge in [0.15, 0.2) is 0 Å². The van der Waals surface area contributed by atoms with Crippen LogP contribution in [0.2, 0.25) is 0 Å². The number of carbonyl (C=O) groups excluding carboxylic acids is 1. The first kappa shape index (κ1) is 24.7. The lowest BCUT2D eigenvalue weighted by Crippen LogP contribution is -2.30. The zero-order chi connectivity index (χ0) is 23.1. The predicted octanol–water partition coefficient (Wildman–Crippen LogP) is 4.83. The highest BCUT2D eigenvalue weighted by Gasteiger charge is 2.43. The van der Waals surface area contributed by atoms with E-state index in [9.17, 15) is 15.0 Å². The van der Waals surface area contributed by atoms with Crippen LogP contribution in [0.5, 0.6) is 0 Å². The second kappa shape index (κ2) is 11.8. The van der Waals surface area contributed by atoms with Crippen molar-refractivity contribution in [1.82, 2.24) is 4.90 Å². The number of aliphatic hydroxyl groups excluding tert-OH is 2. The Morgan fingerprint density at radius 2 is 2.03 bits per heavy atom. The van der Waals surface area contributed by atoms with Crippen LogP contribution in [-0.4, -0.2) is 46.3 Å². The number of carbonyl (C=O) groups is 1. The van der Waals surface area contributed by atoms with Gasteiger partial charge in [0, 0.05) is 31.8 Å². The molecule has 176 valence electrons. The molecule has 0 bridgehead atoms. The quantitative estimate of drug-likeness (QED) is 0.384. The van der Waals surface area contributed by atoms with Gasteiger partial charge in [-0.15, -0.1) is 0 Å². The number of allylic oxidation sites excluding steroid dienone is 2. The fourth-order valence-electron chi connectivity index (χ4n) is 5.56. The van der Waals surface area contributed by atoms with E-state index >= 15 is 0 Å². The van der Waals surface area contributed by atoms with Crippen molar-refractivity contribution in [3.8, 4) is 0 Å². The van der Waals surface area contributed by atoms with Crippen LogP contribution in [-0.2, 0) is 11.2 Å². The summed E-state index contributed by atoms with van der Waals surface area (Å²) in [5.41, 5.74) is 3.83. The summed E-state index contributed by atoms with van der Waals surface area (Å²) >= 11 is 0. The molecule has 0 aromatic heterocycles. The summed E-state index contributed by atoms with van der Waals surface area (Å²) in [5, 5.41) is 21.1. The Morgan fingerprint density at radius 3 is 2.75 bits per heavy atom. The first-order valence-corrected chi connectivity index (χ1v) is 12.5. The SMILES string of the molecule is CCN(CC)C(=O)CCCCC1=C[C@H]2C[C@@H](O)[C@H](/C=C/[C@H](O)Cc3cccc(C)c3)[C@H]2C1. The first-order chi connectivity index (χ1) is 15.4. The van der Waals surface area contributed by atoms with Crippen molar-refractivity contribution in [2.45, 2.75) is 77.9 Å². The molecule has 1 fully saturated rings. The fourth-order valence-corrected chi connectivity index (χ4v) is 5.56. The van der Waals surface area contributed by atoms with Gasteiger partial charge < -0.3 is 15.1 Å². The van der Waals surface area contributed by atoms with Crippen LogP contribution in [0.3, 0.4) is 0 Å². The van der Waals surface area contributed by atoms with Gasteiger partial charge in [0.1, 0.15) is 0 Å². The summed E-state index contributed by atoms with van der Waals surface area (Å²) < 4.78 is 0. The van der Waals surface area contributed by atoms with Gasteiger partial charge in [-0.2, -0.15) is 0 Å². The molecule has 4 nitrogen and oxygen atoms in total. The lowest BCUT2D eigenvalue weighted by molar-refractivity contribution is -0.130. The average Bonchev–Trinajstić information content (AvgIpc) is 3.27. The molecule has 5 atom stereocenters. The Morgan fingerprint density at radius 1 is 1.25 bits per heavy atom. The normalized spacial score (nSPS) is 25.7. The molecule has 1 aromatic rings. The van der Waals surface area contributed by atoms with E-state index in [-0.39, 0.29) is 17.9 Å². The maximum absolute atomic E-state index is 12.2. The molecular formula is C28H41NO3. The lowest BCUT2D eigenvalue weighted by atomic mass is 9.88. The summed E-state index contributed by atoms with van der Waals surface area (Å²) in [6, 6.07) is 8.25. The Bertz CT molecular complexity index is 811. The fraction of sp³-hybridized carbons (Fsp3) is 0.607. The first-order valence-electron chi connectivity index (χ1n) is 12.5. The van der Waals surface area contributed by atoms with E-state index in [2.05, 4.69) is 31.2 Å². The van der Waals surface area contributed by atoms with Gasteiger partial charge in [-0.05, 0) is 70.3 Å². The standard InChI is InChI=1S/C28H41NO3/c1-4-29(5-2)28(32)12-7-6-10-22-16-23-19-27(31)25(26(23)18-22)14-13-24(30)17-21-11-8-9-20(3)15-21/h8-9,11,13-16,23-27,30-31H,4-7,10,12,17-19H2,1-3H3/b14-13+/t23-,24-,25+,26-,27+/m0/s1. The Balaban J connectivity index is 1.45. The van der Waals surface area contributed by atoms with Crippen LogP contribution >= 0.6 is 0 Å². The summed E-state index contributed by atoms with van der Waals surface area (Å²) in [7, 11) is 0. The predicted molar refractivity (Wildman–Crippen MR) is 130 cm³/mol. The van der Waals surface area contributed by atoms with Gasteiger partial charge in [-0.1, -0.05) is 53.6 Å². The topological polar surface area (TPSA) is 60.8 Å². The molecule has 0 heterocycles. The Labute approximate surface area is 194 Å². The van der Waals surface area contributed by atoms with Gasteiger partial charge in [0.05, 0.1) is 12.2 Å². The number of aliphatic hydroxyl groups is 2. The summed E-state index contributed by atoms with van der Waals surface area (Å²) in [5.74, 6) is 1.27. The molecule has 1 aromatic carbocycles. The highest BCUT2D eigenvalue weighted by atomic mass is 16.3. The van der Waals surface area contributed by atoms with Gasteiger partial charge in [0.25, 0.3) is 0 Å². The van der Waals surface area contributed by atoms with E-state index in [0.717, 1.165) is 50.8 Å². The maximum Gasteiger partial charge on any atom is 0.222 e. The molecule has 4 heteroatoms. The van der Waals surface area contributed by atoms with Crippen LogP contribution in [0.15, 0.2) is 48.1 Å². The van der Waals surface area contributed by atoms with Crippen molar-refractivity contribution in [1.29, 1.82) is 0 Å². The molecule has 0 unspecified atom stereocenters. The largest absolute Gasteiger partial charge is 0.392 e. The molecule has 1 amide bonds. The molecule has 2 aliphatic rings. The number of benzene rings is 1. The van der Waals surface area contributed by atoms with Gasteiger partial charge in [-0.3, -0.25) is 4.79 Å². The molecule has 32 heavy (non-hydrogen) atoms. The third-order valence-electron chi connectivity index (χ3n) is 7.29. The lowest BCUT2D eigenvalue weighted by Gasteiger charge is -2.19. The van der Waals surface area contributed by atoms with Gasteiger partial charge >= 0.3 is 0 Å². The average molecular weight is 440 g/mol. The van der Waals surface area contributed by atoms with E-state index in [1.54, 1.807) is 0 Å². The third-order valence-corrected chi connectivity index (χ3v) is 7.29. The highest BCUT2D eigenvalue weighted by molar-refractivity contribution is 5.76. The number of hydrogen-bond acceptors (Lipinski definition) is 3. The minimum atomic E-state index is -0.528. The monoisotopic (exact) mass is 439 g/mol. The second-order valence-corrected chi connectivity index (χ2v) is 9.66. The number of unbranched alkanes of at least 4 members (excludes halogenated alkanes) is 1. The Kier molecular flexibility index (Phi) is 9.12. The van der Waals surface area contributed by atoms with Crippen molar-refractivity contribution < 1.29 is 15.0 Å². The van der Waals surface area contributed by atoms with E-state index < -0.39 is 6.10 Å².